The first-order chi connectivity index (χ1) is 4.83. The number of hydrogen-bond acceptors (Lipinski definition) is 2. The minimum absolute atomic E-state index is 0.0475. The Bertz CT molecular complexity index is 149. The van der Waals surface area contributed by atoms with E-state index in [1.54, 1.807) is 0 Å². The number of ether oxygens (including phenoxy) is 1. The normalized spacial score (nSPS) is 25.3. The summed E-state index contributed by atoms with van der Waals surface area (Å²) < 4.78 is 4.80. The molecule has 0 heterocycles. The fourth-order valence-corrected chi connectivity index (χ4v) is 1.24. The standard InChI is InChI=1S/C8H12O2/c1-7-3-2-4-8(5-7)10-6-9/h5-6,8H,2-4H2,1H3/t8-/m0/s1. The molecule has 2 nitrogen and oxygen atoms in total. The molecule has 0 amide bonds. The lowest BCUT2D eigenvalue weighted by Crippen LogP contribution is -2.12. The van der Waals surface area contributed by atoms with Crippen molar-refractivity contribution in [1.29, 1.82) is 0 Å². The molecule has 0 aromatic rings. The summed E-state index contributed by atoms with van der Waals surface area (Å²) >= 11 is 0. The summed E-state index contributed by atoms with van der Waals surface area (Å²) in [5.41, 5.74) is 1.33. The van der Waals surface area contributed by atoms with Gasteiger partial charge in [0, 0.05) is 0 Å². The van der Waals surface area contributed by atoms with Gasteiger partial charge in [-0.15, -0.1) is 0 Å². The molecule has 0 bridgehead atoms. The number of carbonyl (C=O) groups excluding carboxylic acids is 1. The highest BCUT2D eigenvalue weighted by Crippen LogP contribution is 2.18. The van der Waals surface area contributed by atoms with Crippen LogP contribution in [-0.4, -0.2) is 12.6 Å². The van der Waals surface area contributed by atoms with Crippen molar-refractivity contribution >= 4 is 6.47 Å². The van der Waals surface area contributed by atoms with E-state index >= 15 is 0 Å². The molecular weight excluding hydrogens is 128 g/mol. The second-order valence-corrected chi connectivity index (χ2v) is 2.68. The van der Waals surface area contributed by atoms with Gasteiger partial charge >= 0.3 is 0 Å². The van der Waals surface area contributed by atoms with Gasteiger partial charge in [0.15, 0.2) is 0 Å². The molecule has 0 spiro atoms. The Labute approximate surface area is 60.9 Å². The van der Waals surface area contributed by atoms with Crippen molar-refractivity contribution in [1.82, 2.24) is 0 Å². The van der Waals surface area contributed by atoms with Crippen LogP contribution in [0.15, 0.2) is 11.6 Å². The molecule has 1 rings (SSSR count). The summed E-state index contributed by atoms with van der Waals surface area (Å²) in [6.07, 6.45) is 5.35. The maximum absolute atomic E-state index is 9.93. The van der Waals surface area contributed by atoms with Crippen molar-refractivity contribution < 1.29 is 9.53 Å². The number of hydrogen-bond donors (Lipinski definition) is 0. The molecule has 10 heavy (non-hydrogen) atoms. The zero-order valence-corrected chi connectivity index (χ0v) is 6.17. The lowest BCUT2D eigenvalue weighted by molar-refractivity contribution is -0.131. The molecule has 0 saturated heterocycles. The summed E-state index contributed by atoms with van der Waals surface area (Å²) in [5, 5.41) is 0. The molecule has 0 saturated carbocycles. The Morgan fingerprint density at radius 1 is 1.80 bits per heavy atom. The Kier molecular flexibility index (Phi) is 2.49. The Morgan fingerprint density at radius 2 is 2.60 bits per heavy atom. The minimum atomic E-state index is 0.0475. The minimum Gasteiger partial charge on any atom is -0.460 e. The van der Waals surface area contributed by atoms with Gasteiger partial charge in [0.1, 0.15) is 6.10 Å². The molecule has 0 aromatic carbocycles. The molecule has 1 aliphatic rings. The predicted molar refractivity (Wildman–Crippen MR) is 38.5 cm³/mol. The van der Waals surface area contributed by atoms with E-state index in [0.29, 0.717) is 6.47 Å². The highest BCUT2D eigenvalue weighted by Gasteiger charge is 2.10. The van der Waals surface area contributed by atoms with Gasteiger partial charge < -0.3 is 4.74 Å². The molecule has 1 aliphatic carbocycles. The van der Waals surface area contributed by atoms with Gasteiger partial charge in [-0.3, -0.25) is 4.79 Å². The smallest absolute Gasteiger partial charge is 0.293 e. The highest BCUT2D eigenvalue weighted by atomic mass is 16.5. The fraction of sp³-hybridized carbons (Fsp3) is 0.625. The zero-order valence-electron chi connectivity index (χ0n) is 6.17. The molecule has 0 unspecified atom stereocenters. The lowest BCUT2D eigenvalue weighted by atomic mass is 9.99. The summed E-state index contributed by atoms with van der Waals surface area (Å²) in [4.78, 5) is 9.93. The molecular formula is C8H12O2. The van der Waals surface area contributed by atoms with E-state index in [9.17, 15) is 4.79 Å². The maximum Gasteiger partial charge on any atom is 0.293 e. The van der Waals surface area contributed by atoms with Crippen LogP contribution in [0.2, 0.25) is 0 Å². The molecule has 0 aromatic heterocycles. The van der Waals surface area contributed by atoms with Gasteiger partial charge in [-0.05, 0) is 32.3 Å². The Hall–Kier alpha value is -0.790. The lowest BCUT2D eigenvalue weighted by Gasteiger charge is -2.16. The van der Waals surface area contributed by atoms with Crippen LogP contribution in [0.5, 0.6) is 0 Å². The van der Waals surface area contributed by atoms with E-state index in [2.05, 4.69) is 6.92 Å². The summed E-state index contributed by atoms with van der Waals surface area (Å²) in [6.45, 7) is 2.60. The van der Waals surface area contributed by atoms with Crippen molar-refractivity contribution in [3.05, 3.63) is 11.6 Å². The topological polar surface area (TPSA) is 26.3 Å². The molecule has 0 N–H and O–H groups in total. The van der Waals surface area contributed by atoms with E-state index in [0.717, 1.165) is 19.3 Å². The zero-order chi connectivity index (χ0) is 7.40. The van der Waals surface area contributed by atoms with Gasteiger partial charge in [-0.1, -0.05) is 5.57 Å². The average Bonchev–Trinajstić information content (AvgIpc) is 1.88. The summed E-state index contributed by atoms with van der Waals surface area (Å²) in [5.74, 6) is 0. The second kappa shape index (κ2) is 3.40. The van der Waals surface area contributed by atoms with Crippen LogP contribution in [0.25, 0.3) is 0 Å². The molecule has 56 valence electrons. The van der Waals surface area contributed by atoms with Gasteiger partial charge in [0.25, 0.3) is 6.47 Å². The van der Waals surface area contributed by atoms with Crippen LogP contribution in [0.1, 0.15) is 26.2 Å². The van der Waals surface area contributed by atoms with Crippen LogP contribution < -0.4 is 0 Å². The van der Waals surface area contributed by atoms with Crippen LogP contribution in [0.4, 0.5) is 0 Å². The van der Waals surface area contributed by atoms with Crippen molar-refractivity contribution in [2.45, 2.75) is 32.3 Å². The Morgan fingerprint density at radius 3 is 3.20 bits per heavy atom. The SMILES string of the molecule is CC1=C[C@@H](OC=O)CCC1. The van der Waals surface area contributed by atoms with Gasteiger partial charge in [-0.2, -0.15) is 0 Å². The molecule has 0 fully saturated rings. The van der Waals surface area contributed by atoms with Crippen molar-refractivity contribution in [3.63, 3.8) is 0 Å². The third-order valence-corrected chi connectivity index (χ3v) is 1.76. The van der Waals surface area contributed by atoms with E-state index in [1.807, 2.05) is 6.08 Å². The monoisotopic (exact) mass is 140 g/mol. The van der Waals surface area contributed by atoms with Crippen LogP contribution in [0.3, 0.4) is 0 Å². The molecule has 2 heteroatoms. The largest absolute Gasteiger partial charge is 0.460 e. The number of allylic oxidation sites excluding steroid dienone is 1. The third-order valence-electron chi connectivity index (χ3n) is 1.76. The molecule has 1 atom stereocenters. The van der Waals surface area contributed by atoms with E-state index in [1.165, 1.54) is 5.57 Å². The third kappa shape index (κ3) is 1.87. The van der Waals surface area contributed by atoms with Crippen molar-refractivity contribution in [2.24, 2.45) is 0 Å². The van der Waals surface area contributed by atoms with Crippen LogP contribution >= 0.6 is 0 Å². The summed E-state index contributed by atoms with van der Waals surface area (Å²) in [7, 11) is 0. The van der Waals surface area contributed by atoms with Gasteiger partial charge in [0.05, 0.1) is 0 Å². The van der Waals surface area contributed by atoms with Gasteiger partial charge in [0.2, 0.25) is 0 Å². The van der Waals surface area contributed by atoms with Crippen LogP contribution in [-0.2, 0) is 9.53 Å². The maximum atomic E-state index is 9.93. The highest BCUT2D eigenvalue weighted by molar-refractivity contribution is 5.38. The molecule has 0 radical (unpaired) electrons. The van der Waals surface area contributed by atoms with E-state index < -0.39 is 0 Å². The first-order valence-corrected chi connectivity index (χ1v) is 3.59. The Balaban J connectivity index is 2.45. The number of carbonyl (C=O) groups is 1. The molecule has 0 aliphatic heterocycles. The first kappa shape index (κ1) is 7.32. The van der Waals surface area contributed by atoms with Crippen molar-refractivity contribution in [3.8, 4) is 0 Å². The quantitative estimate of drug-likeness (QED) is 0.430. The van der Waals surface area contributed by atoms with E-state index in [-0.39, 0.29) is 6.10 Å². The van der Waals surface area contributed by atoms with Gasteiger partial charge in [-0.25, -0.2) is 0 Å². The predicted octanol–water partition coefficient (Wildman–Crippen LogP) is 1.66. The number of rotatable bonds is 2. The summed E-state index contributed by atoms with van der Waals surface area (Å²) in [6, 6.07) is 0. The average molecular weight is 140 g/mol. The van der Waals surface area contributed by atoms with Crippen molar-refractivity contribution in [2.75, 3.05) is 0 Å². The van der Waals surface area contributed by atoms with Crippen LogP contribution in [0, 0.1) is 0 Å². The second-order valence-electron chi connectivity index (χ2n) is 2.68. The van der Waals surface area contributed by atoms with E-state index in [4.69, 9.17) is 4.74 Å². The fourth-order valence-electron chi connectivity index (χ4n) is 1.24. The first-order valence-electron chi connectivity index (χ1n) is 3.59.